The molecule has 0 aliphatic carbocycles. The van der Waals surface area contributed by atoms with E-state index >= 15 is 0 Å². The number of oxazole rings is 1. The molecule has 0 spiro atoms. The molecule has 0 saturated carbocycles. The maximum absolute atomic E-state index is 13.1. The number of furan rings is 1. The highest BCUT2D eigenvalue weighted by Gasteiger charge is 2.21. The molecular formula is C27H14N4O3. The van der Waals surface area contributed by atoms with E-state index in [4.69, 9.17) is 8.83 Å². The predicted molar refractivity (Wildman–Crippen MR) is 131 cm³/mol. The second kappa shape index (κ2) is 6.11. The van der Waals surface area contributed by atoms with Crippen LogP contribution in [0.4, 0.5) is 0 Å². The summed E-state index contributed by atoms with van der Waals surface area (Å²) in [5, 5.41) is 4.06. The van der Waals surface area contributed by atoms with Crippen molar-refractivity contribution < 1.29 is 8.83 Å². The Kier molecular flexibility index (Phi) is 3.17. The zero-order valence-corrected chi connectivity index (χ0v) is 17.6. The second-order valence-electron chi connectivity index (χ2n) is 8.28. The van der Waals surface area contributed by atoms with Crippen LogP contribution in [-0.4, -0.2) is 18.9 Å². The van der Waals surface area contributed by atoms with Gasteiger partial charge in [0.15, 0.2) is 5.58 Å². The van der Waals surface area contributed by atoms with Crippen LogP contribution in [0.15, 0.2) is 98.6 Å². The lowest BCUT2D eigenvalue weighted by Gasteiger charge is -2.05. The first-order chi connectivity index (χ1) is 16.8. The van der Waals surface area contributed by atoms with Crippen molar-refractivity contribution in [2.24, 2.45) is 0 Å². The summed E-state index contributed by atoms with van der Waals surface area (Å²) in [5.41, 5.74) is 4.14. The highest BCUT2D eigenvalue weighted by atomic mass is 16.4. The van der Waals surface area contributed by atoms with Crippen molar-refractivity contribution in [3.63, 3.8) is 0 Å². The van der Waals surface area contributed by atoms with Crippen LogP contribution in [0, 0.1) is 0 Å². The summed E-state index contributed by atoms with van der Waals surface area (Å²) < 4.78 is 15.5. The topological polar surface area (TPSA) is 78.5 Å². The lowest BCUT2D eigenvalue weighted by Crippen LogP contribution is -2.20. The Morgan fingerprint density at radius 1 is 0.618 bits per heavy atom. The van der Waals surface area contributed by atoms with Crippen molar-refractivity contribution in [1.29, 1.82) is 0 Å². The summed E-state index contributed by atoms with van der Waals surface area (Å²) >= 11 is 0. The smallest absolute Gasteiger partial charge is 0.359 e. The van der Waals surface area contributed by atoms with Gasteiger partial charge in [-0.15, -0.1) is 0 Å². The molecule has 4 heterocycles. The molecular weight excluding hydrogens is 428 g/mol. The van der Waals surface area contributed by atoms with Gasteiger partial charge in [0.1, 0.15) is 11.2 Å². The van der Waals surface area contributed by atoms with Crippen molar-refractivity contribution in [2.45, 2.75) is 0 Å². The molecule has 0 saturated heterocycles. The molecule has 4 aromatic carbocycles. The van der Waals surface area contributed by atoms with Gasteiger partial charge in [0.2, 0.25) is 5.95 Å². The molecule has 7 heteroatoms. The molecule has 8 rings (SSSR count). The van der Waals surface area contributed by atoms with Crippen molar-refractivity contribution >= 4 is 60.7 Å². The fourth-order valence-electron chi connectivity index (χ4n) is 5.03. The molecule has 34 heavy (non-hydrogen) atoms. The van der Waals surface area contributed by atoms with Gasteiger partial charge in [-0.05, 0) is 36.4 Å². The third kappa shape index (κ3) is 2.13. The number of para-hydroxylation sites is 4. The molecule has 0 fully saturated rings. The van der Waals surface area contributed by atoms with Gasteiger partial charge in [0.05, 0.1) is 21.9 Å². The van der Waals surface area contributed by atoms with E-state index < -0.39 is 5.69 Å². The molecule has 0 aliphatic heterocycles. The minimum Gasteiger partial charge on any atom is -0.455 e. The fraction of sp³-hybridized carbons (Fsp3) is 0. The molecule has 0 amide bonds. The molecule has 0 unspecified atom stereocenters. The van der Waals surface area contributed by atoms with E-state index in [2.05, 4.69) is 16.0 Å². The highest BCUT2D eigenvalue weighted by Crippen LogP contribution is 2.39. The van der Waals surface area contributed by atoms with Gasteiger partial charge in [-0.1, -0.05) is 48.5 Å². The summed E-state index contributed by atoms with van der Waals surface area (Å²) in [4.78, 5) is 22.1. The summed E-state index contributed by atoms with van der Waals surface area (Å²) in [5.74, 6) is 0.456. The van der Waals surface area contributed by atoms with Crippen LogP contribution in [-0.2, 0) is 0 Å². The molecule has 0 N–H and O–H groups in total. The van der Waals surface area contributed by atoms with Crippen molar-refractivity contribution in [3.05, 3.63) is 95.4 Å². The Morgan fingerprint density at radius 3 is 2.24 bits per heavy atom. The Morgan fingerprint density at radius 2 is 1.35 bits per heavy atom. The molecule has 8 aromatic rings. The number of benzene rings is 4. The molecule has 0 bridgehead atoms. The molecule has 0 aliphatic rings. The minimum absolute atomic E-state index is 0.201. The average Bonchev–Trinajstić information content (AvgIpc) is 3.52. The van der Waals surface area contributed by atoms with Gasteiger partial charge in [0, 0.05) is 16.2 Å². The number of hydrogen-bond acceptors (Lipinski definition) is 5. The summed E-state index contributed by atoms with van der Waals surface area (Å²) in [6.45, 7) is 0. The van der Waals surface area contributed by atoms with E-state index in [0.29, 0.717) is 11.1 Å². The molecule has 0 radical (unpaired) electrons. The van der Waals surface area contributed by atoms with E-state index in [1.807, 2.05) is 83.4 Å². The SMILES string of the molecule is O=c1nc(-n2c3ccccc3c3c4oc5ccccc5c4ccc32)nc2oc3ccccc3n12. The number of fused-ring (bicyclic) bond motifs is 10. The number of hydrogen-bond donors (Lipinski definition) is 0. The predicted octanol–water partition coefficient (Wildman–Crippen LogP) is 5.83. The van der Waals surface area contributed by atoms with E-state index in [1.54, 1.807) is 0 Å². The highest BCUT2D eigenvalue weighted by molar-refractivity contribution is 6.23. The molecule has 4 aromatic heterocycles. The standard InChI is InChI=1S/C27H14N4O3/c32-26-28-25(29-27-31(26)19-10-4-6-12-22(19)34-27)30-18-9-3-1-8-17(18)23-20(30)14-13-16-15-7-2-5-11-21(15)33-24(16)23/h1-14H. The van der Waals surface area contributed by atoms with Crippen LogP contribution >= 0.6 is 0 Å². The first-order valence-corrected chi connectivity index (χ1v) is 10.9. The molecule has 160 valence electrons. The van der Waals surface area contributed by atoms with Crippen LogP contribution < -0.4 is 5.69 Å². The average molecular weight is 442 g/mol. The zero-order chi connectivity index (χ0) is 22.4. The summed E-state index contributed by atoms with van der Waals surface area (Å²) in [7, 11) is 0. The van der Waals surface area contributed by atoms with E-state index in [-0.39, 0.29) is 11.8 Å². The fourth-order valence-corrected chi connectivity index (χ4v) is 5.03. The largest absolute Gasteiger partial charge is 0.455 e. The van der Waals surface area contributed by atoms with Gasteiger partial charge in [-0.25, -0.2) is 9.20 Å². The number of aromatic nitrogens is 4. The van der Waals surface area contributed by atoms with Crippen LogP contribution in [0.25, 0.3) is 66.6 Å². The van der Waals surface area contributed by atoms with Crippen molar-refractivity contribution in [2.75, 3.05) is 0 Å². The Labute approximate surface area is 190 Å². The van der Waals surface area contributed by atoms with Gasteiger partial charge in [0.25, 0.3) is 0 Å². The monoisotopic (exact) mass is 442 g/mol. The molecule has 7 nitrogen and oxygen atoms in total. The first-order valence-electron chi connectivity index (χ1n) is 10.9. The summed E-state index contributed by atoms with van der Waals surface area (Å²) in [6.07, 6.45) is 0. The van der Waals surface area contributed by atoms with Gasteiger partial charge < -0.3 is 8.83 Å². The van der Waals surface area contributed by atoms with Crippen molar-refractivity contribution in [3.8, 4) is 5.95 Å². The third-order valence-corrected chi connectivity index (χ3v) is 6.46. The van der Waals surface area contributed by atoms with Gasteiger partial charge in [-0.2, -0.15) is 9.97 Å². The first kappa shape index (κ1) is 17.6. The zero-order valence-electron chi connectivity index (χ0n) is 17.6. The van der Waals surface area contributed by atoms with E-state index in [1.165, 1.54) is 4.40 Å². The Bertz CT molecular complexity index is 2160. The van der Waals surface area contributed by atoms with Crippen LogP contribution in [0.3, 0.4) is 0 Å². The number of rotatable bonds is 1. The van der Waals surface area contributed by atoms with Crippen molar-refractivity contribution in [1.82, 2.24) is 18.9 Å². The maximum Gasteiger partial charge on any atom is 0.359 e. The van der Waals surface area contributed by atoms with E-state index in [9.17, 15) is 4.79 Å². The van der Waals surface area contributed by atoms with Crippen LogP contribution in [0.2, 0.25) is 0 Å². The molecule has 0 atom stereocenters. The normalized spacial score (nSPS) is 12.2. The second-order valence-corrected chi connectivity index (χ2v) is 8.28. The lowest BCUT2D eigenvalue weighted by atomic mass is 10.1. The third-order valence-electron chi connectivity index (χ3n) is 6.46. The van der Waals surface area contributed by atoms with Crippen LogP contribution in [0.5, 0.6) is 0 Å². The van der Waals surface area contributed by atoms with E-state index in [0.717, 1.165) is 43.7 Å². The van der Waals surface area contributed by atoms with Gasteiger partial charge in [-0.3, -0.25) is 4.57 Å². The Hall–Kier alpha value is -4.91. The lowest BCUT2D eigenvalue weighted by molar-refractivity contribution is 0.626. The van der Waals surface area contributed by atoms with Gasteiger partial charge >= 0.3 is 11.5 Å². The maximum atomic E-state index is 13.1. The summed E-state index contributed by atoms with van der Waals surface area (Å²) in [6, 6.07) is 27.4. The minimum atomic E-state index is -0.444. The Balaban J connectivity index is 1.54. The number of nitrogens with zero attached hydrogens (tertiary/aromatic N) is 4. The quantitative estimate of drug-likeness (QED) is 0.319. The van der Waals surface area contributed by atoms with Crippen LogP contribution in [0.1, 0.15) is 0 Å².